The molecular formula is C7H9NO4S. The van der Waals surface area contributed by atoms with Gasteiger partial charge in [0.2, 0.25) is 15.9 Å². The predicted molar refractivity (Wildman–Crippen MR) is 42.2 cm³/mol. The number of carbonyl (C=O) groups excluding carboxylic acids is 1. The minimum absolute atomic E-state index is 0.160. The normalized spacial score (nSPS) is 50.6. The van der Waals surface area contributed by atoms with Gasteiger partial charge in [-0.2, -0.15) is 0 Å². The molecule has 3 aliphatic rings. The predicted octanol–water partition coefficient (Wildman–Crippen LogP) is -1.01. The molecular weight excluding hydrogens is 194 g/mol. The van der Waals surface area contributed by atoms with Crippen molar-refractivity contribution in [1.29, 1.82) is 0 Å². The first kappa shape index (κ1) is 7.75. The molecule has 6 heteroatoms. The van der Waals surface area contributed by atoms with Gasteiger partial charge >= 0.3 is 0 Å². The molecule has 3 heterocycles. The highest BCUT2D eigenvalue weighted by Crippen LogP contribution is 2.45. The molecule has 0 saturated carbocycles. The van der Waals surface area contributed by atoms with Gasteiger partial charge in [0, 0.05) is 0 Å². The summed E-state index contributed by atoms with van der Waals surface area (Å²) in [4.78, 5) is 11.3. The number of hydrogen-bond acceptors (Lipinski definition) is 4. The van der Waals surface area contributed by atoms with E-state index in [1.54, 1.807) is 0 Å². The third-order valence-electron chi connectivity index (χ3n) is 3.11. The van der Waals surface area contributed by atoms with Gasteiger partial charge in [-0.3, -0.25) is 9.52 Å². The van der Waals surface area contributed by atoms with Crippen molar-refractivity contribution < 1.29 is 17.9 Å². The lowest BCUT2D eigenvalue weighted by Crippen LogP contribution is -2.34. The molecule has 3 saturated heterocycles. The molecule has 0 spiro atoms. The molecule has 3 rings (SSSR count). The van der Waals surface area contributed by atoms with Crippen LogP contribution in [0.25, 0.3) is 0 Å². The standard InChI is InChI=1S/C7H9NO4S/c9-7-5-3-1-2-4(12-3)6(5)13(10,11)8-7/h3-6H,1-2H2,(H,8,9)/t3?,4-,5-,6+/m0/s1. The van der Waals surface area contributed by atoms with Crippen molar-refractivity contribution in [2.75, 3.05) is 0 Å². The molecule has 1 amide bonds. The van der Waals surface area contributed by atoms with Gasteiger partial charge in [0.05, 0.1) is 18.1 Å². The van der Waals surface area contributed by atoms with E-state index in [1.807, 2.05) is 4.72 Å². The SMILES string of the molecule is O=C1NS(=O)(=O)[C@@H]2[C@@H]3CCC(O3)[C@H]12. The summed E-state index contributed by atoms with van der Waals surface area (Å²) >= 11 is 0. The summed E-state index contributed by atoms with van der Waals surface area (Å²) in [5.41, 5.74) is 0. The number of hydrogen-bond donors (Lipinski definition) is 1. The molecule has 0 radical (unpaired) electrons. The van der Waals surface area contributed by atoms with Crippen molar-refractivity contribution in [3.8, 4) is 0 Å². The lowest BCUT2D eigenvalue weighted by atomic mass is 9.88. The zero-order chi connectivity index (χ0) is 9.22. The van der Waals surface area contributed by atoms with Crippen molar-refractivity contribution in [2.45, 2.75) is 30.3 Å². The van der Waals surface area contributed by atoms with E-state index in [4.69, 9.17) is 4.74 Å². The topological polar surface area (TPSA) is 72.5 Å². The fourth-order valence-electron chi connectivity index (χ4n) is 2.62. The molecule has 0 aromatic heterocycles. The Kier molecular flexibility index (Phi) is 1.23. The molecule has 13 heavy (non-hydrogen) atoms. The molecule has 72 valence electrons. The Hall–Kier alpha value is -0.620. The summed E-state index contributed by atoms with van der Waals surface area (Å²) in [5, 5.41) is -0.612. The Labute approximate surface area is 75.5 Å². The van der Waals surface area contributed by atoms with Gasteiger partial charge in [-0.1, -0.05) is 0 Å². The van der Waals surface area contributed by atoms with E-state index in [1.165, 1.54) is 0 Å². The number of nitrogens with one attached hydrogen (secondary N) is 1. The Morgan fingerprint density at radius 3 is 2.69 bits per heavy atom. The van der Waals surface area contributed by atoms with Gasteiger partial charge in [0.1, 0.15) is 5.25 Å². The van der Waals surface area contributed by atoms with Crippen LogP contribution in [0.4, 0.5) is 0 Å². The van der Waals surface area contributed by atoms with Crippen LogP contribution in [0.3, 0.4) is 0 Å². The second-order valence-corrected chi connectivity index (χ2v) is 5.63. The summed E-state index contributed by atoms with van der Waals surface area (Å²) in [6.45, 7) is 0. The number of amides is 1. The second kappa shape index (κ2) is 2.06. The van der Waals surface area contributed by atoms with Gasteiger partial charge in [-0.05, 0) is 12.8 Å². The van der Waals surface area contributed by atoms with E-state index in [0.717, 1.165) is 12.8 Å². The molecule has 3 fully saturated rings. The summed E-state index contributed by atoms with van der Waals surface area (Å²) in [6, 6.07) is 0. The van der Waals surface area contributed by atoms with Crippen LogP contribution in [0.15, 0.2) is 0 Å². The van der Waals surface area contributed by atoms with Gasteiger partial charge in [-0.15, -0.1) is 0 Å². The molecule has 1 N–H and O–H groups in total. The Bertz CT molecular complexity index is 376. The highest BCUT2D eigenvalue weighted by molar-refractivity contribution is 7.91. The first-order valence-electron chi connectivity index (χ1n) is 4.30. The maximum absolute atomic E-state index is 11.4. The minimum Gasteiger partial charge on any atom is -0.373 e. The van der Waals surface area contributed by atoms with Crippen molar-refractivity contribution in [2.24, 2.45) is 5.92 Å². The highest BCUT2D eigenvalue weighted by Gasteiger charge is 2.62. The molecule has 0 aromatic carbocycles. The molecule has 3 aliphatic heterocycles. The van der Waals surface area contributed by atoms with Crippen LogP contribution in [0.5, 0.6) is 0 Å². The first-order chi connectivity index (χ1) is 6.09. The van der Waals surface area contributed by atoms with E-state index in [9.17, 15) is 13.2 Å². The lowest BCUT2D eigenvalue weighted by Gasteiger charge is -2.15. The first-order valence-corrected chi connectivity index (χ1v) is 5.85. The maximum atomic E-state index is 11.4. The van der Waals surface area contributed by atoms with Crippen LogP contribution >= 0.6 is 0 Å². The van der Waals surface area contributed by atoms with Crippen LogP contribution < -0.4 is 4.72 Å². The van der Waals surface area contributed by atoms with Crippen molar-refractivity contribution >= 4 is 15.9 Å². The quantitative estimate of drug-likeness (QED) is 0.547. The smallest absolute Gasteiger partial charge is 0.241 e. The number of rotatable bonds is 0. The fourth-order valence-corrected chi connectivity index (χ4v) is 4.46. The van der Waals surface area contributed by atoms with Gasteiger partial charge in [0.15, 0.2) is 0 Å². The molecule has 4 atom stereocenters. The van der Waals surface area contributed by atoms with E-state index >= 15 is 0 Å². The van der Waals surface area contributed by atoms with Crippen LogP contribution in [-0.4, -0.2) is 31.8 Å². The summed E-state index contributed by atoms with van der Waals surface area (Å²) < 4.78 is 30.3. The fraction of sp³-hybridized carbons (Fsp3) is 0.857. The van der Waals surface area contributed by atoms with Crippen LogP contribution in [0.1, 0.15) is 12.8 Å². The Morgan fingerprint density at radius 2 is 2.00 bits per heavy atom. The van der Waals surface area contributed by atoms with Gasteiger partial charge in [-0.25, -0.2) is 8.42 Å². The van der Waals surface area contributed by atoms with Crippen molar-refractivity contribution in [3.63, 3.8) is 0 Å². The molecule has 0 aliphatic carbocycles. The third kappa shape index (κ3) is 0.800. The van der Waals surface area contributed by atoms with Crippen molar-refractivity contribution in [3.05, 3.63) is 0 Å². The van der Waals surface area contributed by atoms with Crippen LogP contribution in [0, 0.1) is 5.92 Å². The largest absolute Gasteiger partial charge is 0.373 e. The summed E-state index contributed by atoms with van der Waals surface area (Å²) in [6.07, 6.45) is 1.17. The van der Waals surface area contributed by atoms with E-state index in [2.05, 4.69) is 0 Å². The van der Waals surface area contributed by atoms with Crippen LogP contribution in [-0.2, 0) is 19.6 Å². The van der Waals surface area contributed by atoms with E-state index in [-0.39, 0.29) is 18.1 Å². The molecule has 0 aromatic rings. The molecule has 1 unspecified atom stereocenters. The zero-order valence-electron chi connectivity index (χ0n) is 6.76. The number of carbonyl (C=O) groups is 1. The third-order valence-corrected chi connectivity index (χ3v) is 4.91. The Balaban J connectivity index is 2.11. The van der Waals surface area contributed by atoms with Gasteiger partial charge in [0.25, 0.3) is 0 Å². The van der Waals surface area contributed by atoms with Gasteiger partial charge < -0.3 is 4.74 Å². The Morgan fingerprint density at radius 1 is 1.31 bits per heavy atom. The maximum Gasteiger partial charge on any atom is 0.241 e. The number of sulfonamides is 1. The number of ether oxygens (including phenoxy) is 1. The summed E-state index contributed by atoms with van der Waals surface area (Å²) in [7, 11) is -3.43. The summed E-state index contributed by atoms with van der Waals surface area (Å²) in [5.74, 6) is -0.819. The average molecular weight is 203 g/mol. The average Bonchev–Trinajstić information content (AvgIpc) is 2.63. The van der Waals surface area contributed by atoms with E-state index in [0.29, 0.717) is 0 Å². The van der Waals surface area contributed by atoms with Crippen LogP contribution in [0.2, 0.25) is 0 Å². The molecule has 2 bridgehead atoms. The number of fused-ring (bicyclic) bond motifs is 5. The second-order valence-electron chi connectivity index (χ2n) is 3.79. The van der Waals surface area contributed by atoms with E-state index < -0.39 is 21.2 Å². The van der Waals surface area contributed by atoms with Crippen molar-refractivity contribution in [1.82, 2.24) is 4.72 Å². The zero-order valence-corrected chi connectivity index (χ0v) is 7.58. The minimum atomic E-state index is -3.43. The highest BCUT2D eigenvalue weighted by atomic mass is 32.2. The monoisotopic (exact) mass is 203 g/mol. The lowest BCUT2D eigenvalue weighted by molar-refractivity contribution is -0.123. The molecule has 5 nitrogen and oxygen atoms in total.